The summed E-state index contributed by atoms with van der Waals surface area (Å²) in [6, 6.07) is 0.352. The summed E-state index contributed by atoms with van der Waals surface area (Å²) in [5.41, 5.74) is 0.371. The minimum Gasteiger partial charge on any atom is -0.477 e. The van der Waals surface area contributed by atoms with Crippen LogP contribution in [0.15, 0.2) is 10.3 Å². The molecule has 7 nitrogen and oxygen atoms in total. The molecular weight excluding hydrogens is 316 g/mol. The normalized spacial score (nSPS) is 12.9. The van der Waals surface area contributed by atoms with Gasteiger partial charge in [0.05, 0.1) is 6.04 Å². The lowest BCUT2D eigenvalue weighted by atomic mass is 10.3. The van der Waals surface area contributed by atoms with E-state index in [1.165, 1.54) is 19.9 Å². The molecule has 3 N–H and O–H groups in total. The predicted octanol–water partition coefficient (Wildman–Crippen LogP) is 0.948. The molecule has 1 heterocycles. The van der Waals surface area contributed by atoms with E-state index >= 15 is 0 Å². The largest absolute Gasteiger partial charge is 0.477 e. The number of hydrogen-bond donors (Lipinski definition) is 3. The second-order valence-electron chi connectivity index (χ2n) is 4.52. The predicted molar refractivity (Wildman–Crippen MR) is 79.1 cm³/mol. The second kappa shape index (κ2) is 7.01. The van der Waals surface area contributed by atoms with Crippen LogP contribution in [0.1, 0.15) is 35.5 Å². The van der Waals surface area contributed by atoms with E-state index in [2.05, 4.69) is 10.0 Å². The van der Waals surface area contributed by atoms with Crippen LogP contribution in [0.3, 0.4) is 0 Å². The number of sulfonamides is 1. The number of amides is 1. The van der Waals surface area contributed by atoms with E-state index in [1.807, 2.05) is 6.92 Å². The summed E-state index contributed by atoms with van der Waals surface area (Å²) in [6.45, 7) is 5.31. The van der Waals surface area contributed by atoms with Crippen LogP contribution in [0.25, 0.3) is 0 Å². The maximum absolute atomic E-state index is 12.1. The molecule has 9 heteroatoms. The van der Waals surface area contributed by atoms with Crippen molar-refractivity contribution in [2.24, 2.45) is 0 Å². The molecule has 0 fully saturated rings. The molecule has 1 atom stereocenters. The van der Waals surface area contributed by atoms with Gasteiger partial charge in [-0.1, -0.05) is 6.92 Å². The molecule has 0 bridgehead atoms. The SMILES string of the molecule is CCCNC(=O)C(C)NS(=O)(=O)c1cc(C)c(C(=O)O)s1. The molecule has 1 aromatic heterocycles. The summed E-state index contributed by atoms with van der Waals surface area (Å²) < 4.78 is 26.4. The molecule has 0 aliphatic rings. The molecule has 0 aromatic carbocycles. The van der Waals surface area contributed by atoms with Gasteiger partial charge in [-0.05, 0) is 31.9 Å². The Labute approximate surface area is 127 Å². The molecule has 0 radical (unpaired) electrons. The van der Waals surface area contributed by atoms with E-state index < -0.39 is 27.9 Å². The van der Waals surface area contributed by atoms with E-state index in [4.69, 9.17) is 5.11 Å². The van der Waals surface area contributed by atoms with Gasteiger partial charge in [0.15, 0.2) is 0 Å². The average molecular weight is 334 g/mol. The summed E-state index contributed by atoms with van der Waals surface area (Å²) in [6.07, 6.45) is 0.747. The molecule has 1 aromatic rings. The first-order valence-corrected chi connectivity index (χ1v) is 8.62. The lowest BCUT2D eigenvalue weighted by molar-refractivity contribution is -0.122. The minimum absolute atomic E-state index is 0.0292. The lowest BCUT2D eigenvalue weighted by Crippen LogP contribution is -2.44. The van der Waals surface area contributed by atoms with Crippen LogP contribution in [-0.4, -0.2) is 38.0 Å². The molecule has 0 saturated carbocycles. The second-order valence-corrected chi connectivity index (χ2v) is 7.51. The van der Waals surface area contributed by atoms with Crippen LogP contribution in [-0.2, 0) is 14.8 Å². The van der Waals surface area contributed by atoms with Gasteiger partial charge in [0.1, 0.15) is 9.09 Å². The van der Waals surface area contributed by atoms with E-state index in [0.717, 1.165) is 6.42 Å². The highest BCUT2D eigenvalue weighted by molar-refractivity contribution is 7.91. The molecule has 0 saturated heterocycles. The van der Waals surface area contributed by atoms with Gasteiger partial charge in [-0.3, -0.25) is 4.79 Å². The van der Waals surface area contributed by atoms with Crippen LogP contribution in [0.4, 0.5) is 0 Å². The fraction of sp³-hybridized carbons (Fsp3) is 0.500. The van der Waals surface area contributed by atoms with E-state index in [9.17, 15) is 18.0 Å². The number of rotatable bonds is 7. The van der Waals surface area contributed by atoms with Crippen molar-refractivity contribution in [2.45, 2.75) is 37.4 Å². The first kappa shape index (κ1) is 17.6. The number of carboxylic acid groups (broad SMARTS) is 1. The monoisotopic (exact) mass is 334 g/mol. The van der Waals surface area contributed by atoms with Crippen molar-refractivity contribution in [1.82, 2.24) is 10.0 Å². The third-order valence-electron chi connectivity index (χ3n) is 2.63. The number of carbonyl (C=O) groups is 2. The van der Waals surface area contributed by atoms with Crippen LogP contribution in [0, 0.1) is 6.92 Å². The topological polar surface area (TPSA) is 113 Å². The number of nitrogens with one attached hydrogen (secondary N) is 2. The zero-order valence-electron chi connectivity index (χ0n) is 12.0. The van der Waals surface area contributed by atoms with Crippen LogP contribution in [0.5, 0.6) is 0 Å². The highest BCUT2D eigenvalue weighted by Gasteiger charge is 2.25. The minimum atomic E-state index is -3.92. The third-order valence-corrected chi connectivity index (χ3v) is 5.87. The van der Waals surface area contributed by atoms with Crippen LogP contribution >= 0.6 is 11.3 Å². The van der Waals surface area contributed by atoms with Gasteiger partial charge in [-0.25, -0.2) is 13.2 Å². The quantitative estimate of drug-likeness (QED) is 0.687. The molecule has 0 spiro atoms. The van der Waals surface area contributed by atoms with E-state index in [-0.39, 0.29) is 9.09 Å². The molecule has 21 heavy (non-hydrogen) atoms. The molecule has 0 aliphatic carbocycles. The Bertz CT molecular complexity index is 636. The Morgan fingerprint density at radius 3 is 2.52 bits per heavy atom. The fourth-order valence-corrected chi connectivity index (χ4v) is 4.14. The Morgan fingerprint density at radius 2 is 2.05 bits per heavy atom. The fourth-order valence-electron chi connectivity index (χ4n) is 1.54. The van der Waals surface area contributed by atoms with Crippen LogP contribution in [0.2, 0.25) is 0 Å². The van der Waals surface area contributed by atoms with E-state index in [1.54, 1.807) is 0 Å². The Hall–Kier alpha value is -1.45. The standard InChI is InChI=1S/C12H18N2O5S2/c1-4-5-13-11(15)8(3)14-21(18,19)9-6-7(2)10(20-9)12(16)17/h6,8,14H,4-5H2,1-3H3,(H,13,15)(H,16,17). The third kappa shape index (κ3) is 4.51. The van der Waals surface area contributed by atoms with Crippen molar-refractivity contribution in [2.75, 3.05) is 6.54 Å². The Balaban J connectivity index is 2.89. The molecule has 1 unspecified atom stereocenters. The summed E-state index contributed by atoms with van der Waals surface area (Å²) in [5.74, 6) is -1.60. The molecule has 1 amide bonds. The highest BCUT2D eigenvalue weighted by atomic mass is 32.2. The van der Waals surface area contributed by atoms with Gasteiger partial charge < -0.3 is 10.4 Å². The van der Waals surface area contributed by atoms with Crippen LogP contribution < -0.4 is 10.0 Å². The summed E-state index contributed by atoms with van der Waals surface area (Å²) >= 11 is 0.664. The maximum atomic E-state index is 12.1. The van der Waals surface area contributed by atoms with Gasteiger partial charge >= 0.3 is 5.97 Å². The Kier molecular flexibility index (Phi) is 5.87. The van der Waals surface area contributed by atoms with Crippen molar-refractivity contribution < 1.29 is 23.1 Å². The number of thiophene rings is 1. The van der Waals surface area contributed by atoms with Gasteiger partial charge in [-0.2, -0.15) is 4.72 Å². The number of carbonyl (C=O) groups excluding carboxylic acids is 1. The number of aromatic carboxylic acids is 1. The van der Waals surface area contributed by atoms with Gasteiger partial charge in [-0.15, -0.1) is 11.3 Å². The van der Waals surface area contributed by atoms with Crippen molar-refractivity contribution in [3.05, 3.63) is 16.5 Å². The average Bonchev–Trinajstić information content (AvgIpc) is 2.78. The molecule has 1 rings (SSSR count). The smallest absolute Gasteiger partial charge is 0.346 e. The van der Waals surface area contributed by atoms with Gasteiger partial charge in [0.2, 0.25) is 5.91 Å². The summed E-state index contributed by atoms with van der Waals surface area (Å²) in [5, 5.41) is 11.5. The van der Waals surface area contributed by atoms with Crippen molar-refractivity contribution in [3.8, 4) is 0 Å². The van der Waals surface area contributed by atoms with Gasteiger partial charge in [0.25, 0.3) is 10.0 Å². The number of hydrogen-bond acceptors (Lipinski definition) is 5. The van der Waals surface area contributed by atoms with Gasteiger partial charge in [0, 0.05) is 6.54 Å². The summed E-state index contributed by atoms with van der Waals surface area (Å²) in [7, 11) is -3.92. The summed E-state index contributed by atoms with van der Waals surface area (Å²) in [4.78, 5) is 22.6. The molecule has 0 aliphatic heterocycles. The molecule has 118 valence electrons. The van der Waals surface area contributed by atoms with E-state index in [0.29, 0.717) is 23.4 Å². The van der Waals surface area contributed by atoms with Crippen molar-refractivity contribution >= 4 is 33.2 Å². The number of carboxylic acids is 1. The maximum Gasteiger partial charge on any atom is 0.346 e. The lowest BCUT2D eigenvalue weighted by Gasteiger charge is -2.13. The first-order valence-electron chi connectivity index (χ1n) is 6.32. The first-order chi connectivity index (χ1) is 9.69. The zero-order chi connectivity index (χ0) is 16.2. The molecular formula is C12H18N2O5S2. The van der Waals surface area contributed by atoms with Crippen molar-refractivity contribution in [1.29, 1.82) is 0 Å². The Morgan fingerprint density at radius 1 is 1.43 bits per heavy atom. The zero-order valence-corrected chi connectivity index (χ0v) is 13.6. The number of aryl methyl sites for hydroxylation is 1. The van der Waals surface area contributed by atoms with Crippen molar-refractivity contribution in [3.63, 3.8) is 0 Å². The highest BCUT2D eigenvalue weighted by Crippen LogP contribution is 2.26.